The van der Waals surface area contributed by atoms with Gasteiger partial charge in [-0.3, -0.25) is 0 Å². The van der Waals surface area contributed by atoms with Crippen molar-refractivity contribution >= 4 is 16.8 Å². The molecule has 9 aromatic rings. The molecule has 3 aliphatic carbocycles. The monoisotopic (exact) mass is 830 g/mol. The van der Waals surface area contributed by atoms with Gasteiger partial charge in [-0.2, -0.15) is 0 Å². The van der Waals surface area contributed by atoms with E-state index in [-0.39, 0.29) is 12.0 Å². The van der Waals surface area contributed by atoms with E-state index in [1.54, 1.807) is 0 Å². The number of aromatic nitrogens is 3. The van der Waals surface area contributed by atoms with Gasteiger partial charge in [0.2, 0.25) is 0 Å². The maximum absolute atomic E-state index is 5.25. The van der Waals surface area contributed by atoms with Crippen LogP contribution < -0.4 is 5.32 Å². The Hall–Kier alpha value is -8.21. The zero-order valence-corrected chi connectivity index (χ0v) is 35.6. The molecule has 1 spiro atoms. The molecule has 2 unspecified atom stereocenters. The predicted molar refractivity (Wildman–Crippen MR) is 265 cm³/mol. The molecular weight excluding hydrogens is 789 g/mol. The summed E-state index contributed by atoms with van der Waals surface area (Å²) in [7, 11) is 0. The van der Waals surface area contributed by atoms with Gasteiger partial charge in [0.15, 0.2) is 17.5 Å². The van der Waals surface area contributed by atoms with Crippen molar-refractivity contribution in [3.8, 4) is 56.2 Å². The van der Waals surface area contributed by atoms with Crippen LogP contribution >= 0.6 is 0 Å². The summed E-state index contributed by atoms with van der Waals surface area (Å²) >= 11 is 0. The minimum Gasteiger partial charge on any atom is -0.374 e. The maximum Gasteiger partial charge on any atom is 0.164 e. The normalized spacial score (nSPS) is 16.9. The lowest BCUT2D eigenvalue weighted by molar-refractivity contribution is 0.791. The van der Waals surface area contributed by atoms with Crippen molar-refractivity contribution in [3.05, 3.63) is 264 Å². The fraction of sp³-hybridized carbons (Fsp3) is 0.0656. The Balaban J connectivity index is 0.974. The summed E-state index contributed by atoms with van der Waals surface area (Å²) in [6.45, 7) is 0. The zero-order valence-electron chi connectivity index (χ0n) is 35.6. The van der Waals surface area contributed by atoms with E-state index >= 15 is 0 Å². The van der Waals surface area contributed by atoms with Crippen molar-refractivity contribution < 1.29 is 0 Å². The van der Waals surface area contributed by atoms with Gasteiger partial charge in [-0.05, 0) is 91.4 Å². The maximum atomic E-state index is 5.25. The average Bonchev–Trinajstić information content (AvgIpc) is 3.85. The fourth-order valence-electron chi connectivity index (χ4n) is 11.0. The molecule has 0 bridgehead atoms. The number of fused-ring (bicyclic) bond motifs is 11. The molecule has 0 amide bonds. The molecule has 0 saturated heterocycles. The summed E-state index contributed by atoms with van der Waals surface area (Å²) in [6.07, 6.45) is 10.2. The lowest BCUT2D eigenvalue weighted by atomic mass is 9.70. The molecule has 0 saturated carbocycles. The second-order valence-electron chi connectivity index (χ2n) is 17.5. The van der Waals surface area contributed by atoms with Gasteiger partial charge in [0, 0.05) is 33.9 Å². The Labute approximate surface area is 379 Å². The van der Waals surface area contributed by atoms with Gasteiger partial charge in [0.1, 0.15) is 0 Å². The minimum absolute atomic E-state index is 0.0206. The van der Waals surface area contributed by atoms with Crippen LogP contribution in [0.5, 0.6) is 0 Å². The third kappa shape index (κ3) is 5.94. The first kappa shape index (κ1) is 37.4. The van der Waals surface area contributed by atoms with E-state index in [4.69, 9.17) is 15.0 Å². The zero-order chi connectivity index (χ0) is 42.9. The van der Waals surface area contributed by atoms with E-state index < -0.39 is 5.41 Å². The molecule has 2 heterocycles. The molecule has 65 heavy (non-hydrogen) atoms. The number of anilines is 1. The summed E-state index contributed by atoms with van der Waals surface area (Å²) in [5.41, 5.74) is 20.2. The predicted octanol–water partition coefficient (Wildman–Crippen LogP) is 14.4. The van der Waals surface area contributed by atoms with Gasteiger partial charge in [0.25, 0.3) is 0 Å². The van der Waals surface area contributed by atoms with Crippen LogP contribution in [0.25, 0.3) is 67.3 Å². The topological polar surface area (TPSA) is 50.7 Å². The van der Waals surface area contributed by atoms with Crippen LogP contribution in [-0.2, 0) is 5.41 Å². The highest BCUT2D eigenvalue weighted by atomic mass is 15.0. The van der Waals surface area contributed by atoms with Gasteiger partial charge in [-0.15, -0.1) is 0 Å². The first-order valence-corrected chi connectivity index (χ1v) is 22.6. The summed E-state index contributed by atoms with van der Waals surface area (Å²) in [4.78, 5) is 15.5. The van der Waals surface area contributed by atoms with E-state index in [2.05, 4.69) is 206 Å². The summed E-state index contributed by atoms with van der Waals surface area (Å²) in [6, 6.07) is 72.2. The van der Waals surface area contributed by atoms with Gasteiger partial charge in [-0.25, -0.2) is 15.0 Å². The first-order valence-electron chi connectivity index (χ1n) is 22.6. The molecule has 8 aromatic carbocycles. The minimum atomic E-state index is -0.423. The molecule has 2 atom stereocenters. The number of hydrogen-bond acceptors (Lipinski definition) is 4. The standard InChI is InChI=1S/C61H42N4/c1-4-18-39(19-5-1)42-24-16-26-44(34-42)59-63-58(41-22-8-3-9-23-41)64-60(65-59)45-27-17-25-43(35-45)49-37-56(40-20-6-2-7-21-40)62-57-38-55-50(36-51(49)57)48-30-12-15-33-54(48)61(55)52-31-13-10-28-46(52)47-29-11-14-32-53(47)61/h1-24,26-38,43,56,62H,25H2. The van der Waals surface area contributed by atoms with E-state index in [0.29, 0.717) is 17.5 Å². The Bertz CT molecular complexity index is 3390. The summed E-state index contributed by atoms with van der Waals surface area (Å²) in [5.74, 6) is 2.04. The molecular formula is C61H42N4. The smallest absolute Gasteiger partial charge is 0.164 e. The Morgan fingerprint density at radius 3 is 1.63 bits per heavy atom. The molecule has 1 N–H and O–H groups in total. The first-order chi connectivity index (χ1) is 32.2. The molecule has 0 fully saturated rings. The van der Waals surface area contributed by atoms with Crippen molar-refractivity contribution in [2.45, 2.75) is 17.9 Å². The molecule has 1 aromatic heterocycles. The Kier molecular flexibility index (Phi) is 8.60. The van der Waals surface area contributed by atoms with Gasteiger partial charge in [-0.1, -0.05) is 206 Å². The van der Waals surface area contributed by atoms with Crippen LogP contribution in [0.2, 0.25) is 0 Å². The molecule has 0 radical (unpaired) electrons. The lowest BCUT2D eigenvalue weighted by Crippen LogP contribution is -2.26. The Morgan fingerprint density at radius 1 is 0.415 bits per heavy atom. The van der Waals surface area contributed by atoms with Crippen LogP contribution in [-0.4, -0.2) is 15.0 Å². The van der Waals surface area contributed by atoms with E-state index in [9.17, 15) is 0 Å². The highest BCUT2D eigenvalue weighted by Crippen LogP contribution is 2.64. The average molecular weight is 831 g/mol. The Morgan fingerprint density at radius 2 is 0.954 bits per heavy atom. The molecule has 1 aliphatic heterocycles. The second-order valence-corrected chi connectivity index (χ2v) is 17.5. The van der Waals surface area contributed by atoms with Crippen molar-refractivity contribution in [2.24, 2.45) is 5.92 Å². The van der Waals surface area contributed by atoms with Gasteiger partial charge >= 0.3 is 0 Å². The van der Waals surface area contributed by atoms with Gasteiger partial charge in [0.05, 0.1) is 11.5 Å². The number of benzene rings is 8. The fourth-order valence-corrected chi connectivity index (χ4v) is 11.0. The SMILES string of the molecule is C1=CC(c2nc(-c3ccccc3)nc(-c3cccc(-c4ccccc4)c3)n2)=CC(C2=CC(c3ccccc3)Nc3cc4c(cc32)-c2ccccc2C42c3ccccc3-c3ccccc32)C1. The van der Waals surface area contributed by atoms with Crippen LogP contribution in [0, 0.1) is 5.92 Å². The van der Waals surface area contributed by atoms with E-state index in [1.165, 1.54) is 61.2 Å². The van der Waals surface area contributed by atoms with Crippen LogP contribution in [0.15, 0.2) is 224 Å². The highest BCUT2D eigenvalue weighted by Gasteiger charge is 2.52. The van der Waals surface area contributed by atoms with Crippen LogP contribution in [0.3, 0.4) is 0 Å². The van der Waals surface area contributed by atoms with E-state index in [0.717, 1.165) is 39.9 Å². The largest absolute Gasteiger partial charge is 0.374 e. The third-order valence-electron chi connectivity index (χ3n) is 13.9. The van der Waals surface area contributed by atoms with Crippen molar-refractivity contribution in [3.63, 3.8) is 0 Å². The highest BCUT2D eigenvalue weighted by molar-refractivity contribution is 5.98. The van der Waals surface area contributed by atoms with Crippen molar-refractivity contribution in [1.29, 1.82) is 0 Å². The number of allylic oxidation sites excluding steroid dienone is 5. The van der Waals surface area contributed by atoms with Crippen LogP contribution in [0.4, 0.5) is 5.69 Å². The van der Waals surface area contributed by atoms with Crippen molar-refractivity contribution in [2.75, 3.05) is 5.32 Å². The number of nitrogens with zero attached hydrogens (tertiary/aromatic N) is 3. The van der Waals surface area contributed by atoms with Gasteiger partial charge < -0.3 is 5.32 Å². The third-order valence-corrected chi connectivity index (χ3v) is 13.9. The quantitative estimate of drug-likeness (QED) is 0.181. The van der Waals surface area contributed by atoms with Crippen molar-refractivity contribution in [1.82, 2.24) is 15.0 Å². The number of nitrogens with one attached hydrogen (secondary N) is 1. The lowest BCUT2D eigenvalue weighted by Gasteiger charge is -2.34. The number of rotatable bonds is 6. The molecule has 4 aliphatic rings. The molecule has 4 nitrogen and oxygen atoms in total. The number of hydrogen-bond donors (Lipinski definition) is 1. The second kappa shape index (κ2) is 15.0. The molecule has 306 valence electrons. The van der Waals surface area contributed by atoms with Crippen LogP contribution in [0.1, 0.15) is 51.7 Å². The molecule has 13 rings (SSSR count). The summed E-state index contributed by atoms with van der Waals surface area (Å²) < 4.78 is 0. The summed E-state index contributed by atoms with van der Waals surface area (Å²) in [5, 5.41) is 4.06. The molecule has 4 heteroatoms. The van der Waals surface area contributed by atoms with E-state index in [1.807, 2.05) is 24.3 Å².